The van der Waals surface area contributed by atoms with E-state index in [9.17, 15) is 14.0 Å². The molecule has 0 aliphatic carbocycles. The monoisotopic (exact) mass is 550 g/mol. The summed E-state index contributed by atoms with van der Waals surface area (Å²) in [5.74, 6) is 0.368. The third-order valence-corrected chi connectivity index (χ3v) is 8.14. The first-order chi connectivity index (χ1) is 19.5. The van der Waals surface area contributed by atoms with Crippen LogP contribution in [0, 0.1) is 5.82 Å². The van der Waals surface area contributed by atoms with E-state index in [4.69, 9.17) is 0 Å². The van der Waals surface area contributed by atoms with E-state index < -0.39 is 0 Å². The lowest BCUT2D eigenvalue weighted by molar-refractivity contribution is -0.114. The van der Waals surface area contributed by atoms with Gasteiger partial charge in [0.15, 0.2) is 0 Å². The first-order valence-electron chi connectivity index (χ1n) is 13.2. The van der Waals surface area contributed by atoms with Crippen LogP contribution < -0.4 is 9.80 Å². The molecule has 0 unspecified atom stereocenters. The Morgan fingerprint density at radius 1 is 0.900 bits per heavy atom. The van der Waals surface area contributed by atoms with Crippen molar-refractivity contribution in [2.75, 3.05) is 36.0 Å². The Hall–Kier alpha value is -4.43. The molecule has 2 aliphatic rings. The van der Waals surface area contributed by atoms with E-state index in [1.165, 1.54) is 23.9 Å². The number of hydrogen-bond donors (Lipinski definition) is 0. The van der Waals surface area contributed by atoms with Crippen molar-refractivity contribution in [3.63, 3.8) is 0 Å². The average Bonchev–Trinajstić information content (AvgIpc) is 3.01. The molecule has 1 aromatic heterocycles. The molecule has 0 atom stereocenters. The Kier molecular flexibility index (Phi) is 7.33. The number of fused-ring (bicyclic) bond motifs is 1. The number of nitrogens with zero attached hydrogens (tertiary/aromatic N) is 4. The molecule has 200 valence electrons. The van der Waals surface area contributed by atoms with Crippen molar-refractivity contribution in [3.8, 4) is 0 Å². The Bertz CT molecular complexity index is 1550. The smallest absolute Gasteiger partial charge is 0.265 e. The molecule has 8 heteroatoms. The van der Waals surface area contributed by atoms with E-state index in [0.29, 0.717) is 42.3 Å². The molecular formula is C32H27FN4O2S. The van der Waals surface area contributed by atoms with Crippen LogP contribution in [0.5, 0.6) is 0 Å². The molecule has 0 bridgehead atoms. The van der Waals surface area contributed by atoms with Crippen molar-refractivity contribution in [2.45, 2.75) is 11.4 Å². The summed E-state index contributed by atoms with van der Waals surface area (Å²) in [5.41, 5.74) is 2.95. The number of aromatic nitrogens is 1. The number of benzene rings is 3. The van der Waals surface area contributed by atoms with Gasteiger partial charge < -0.3 is 14.7 Å². The number of amides is 2. The first-order valence-corrected chi connectivity index (χ1v) is 14.0. The van der Waals surface area contributed by atoms with E-state index in [2.05, 4.69) is 9.88 Å². The van der Waals surface area contributed by atoms with Gasteiger partial charge in [-0.25, -0.2) is 9.37 Å². The first kappa shape index (κ1) is 25.8. The average molecular weight is 551 g/mol. The highest BCUT2D eigenvalue weighted by molar-refractivity contribution is 8.04. The summed E-state index contributed by atoms with van der Waals surface area (Å²) in [6, 6.07) is 27.3. The molecule has 3 aromatic carbocycles. The van der Waals surface area contributed by atoms with Gasteiger partial charge in [0.25, 0.3) is 11.8 Å². The van der Waals surface area contributed by atoms with Gasteiger partial charge in [-0.2, -0.15) is 0 Å². The standard InChI is InChI=1S/C32H27FN4O2S/c33-26-12-9-24(10-13-26)22-37-27-21-25(31(38)36-18-16-35(17-19-36)30-8-4-5-15-34-30)11-14-28(27)40-29(32(37)39)20-23-6-2-1-3-7-23/h1-15,20-21H,16-19,22H2. The van der Waals surface area contributed by atoms with Crippen LogP contribution in [0.3, 0.4) is 0 Å². The van der Waals surface area contributed by atoms with E-state index in [0.717, 1.165) is 21.8 Å². The van der Waals surface area contributed by atoms with Gasteiger partial charge in [-0.1, -0.05) is 60.3 Å². The summed E-state index contributed by atoms with van der Waals surface area (Å²) in [5, 5.41) is 0. The van der Waals surface area contributed by atoms with Crippen LogP contribution in [0.25, 0.3) is 6.08 Å². The summed E-state index contributed by atoms with van der Waals surface area (Å²) in [6.45, 7) is 2.84. The fraction of sp³-hybridized carbons (Fsp3) is 0.156. The van der Waals surface area contributed by atoms with E-state index in [-0.39, 0.29) is 24.2 Å². The van der Waals surface area contributed by atoms with Crippen LogP contribution in [0.4, 0.5) is 15.9 Å². The summed E-state index contributed by atoms with van der Waals surface area (Å²) < 4.78 is 13.6. The number of carbonyl (C=O) groups is 2. The van der Waals surface area contributed by atoms with Gasteiger partial charge in [0.1, 0.15) is 11.6 Å². The maximum Gasteiger partial charge on any atom is 0.265 e. The molecule has 40 heavy (non-hydrogen) atoms. The molecule has 4 aromatic rings. The zero-order valence-corrected chi connectivity index (χ0v) is 22.6. The minimum Gasteiger partial charge on any atom is -0.353 e. The SMILES string of the molecule is O=C(c1ccc2c(c1)N(Cc1ccc(F)cc1)C(=O)C(=Cc1ccccc1)S2)N1CCN(c2ccccn2)CC1. The zero-order valence-electron chi connectivity index (χ0n) is 21.7. The third-order valence-electron chi connectivity index (χ3n) is 7.06. The predicted molar refractivity (Wildman–Crippen MR) is 157 cm³/mol. The molecule has 1 fully saturated rings. The second kappa shape index (κ2) is 11.4. The second-order valence-electron chi connectivity index (χ2n) is 9.69. The Labute approximate surface area is 236 Å². The van der Waals surface area contributed by atoms with Gasteiger partial charge in [-0.3, -0.25) is 9.59 Å². The summed E-state index contributed by atoms with van der Waals surface area (Å²) in [7, 11) is 0. The Morgan fingerprint density at radius 3 is 2.38 bits per heavy atom. The highest BCUT2D eigenvalue weighted by Gasteiger charge is 2.31. The van der Waals surface area contributed by atoms with E-state index in [1.807, 2.05) is 77.7 Å². The van der Waals surface area contributed by atoms with E-state index >= 15 is 0 Å². The summed E-state index contributed by atoms with van der Waals surface area (Å²) >= 11 is 1.40. The molecule has 0 N–H and O–H groups in total. The number of carbonyl (C=O) groups excluding carboxylic acids is 2. The summed E-state index contributed by atoms with van der Waals surface area (Å²) in [4.78, 5) is 38.9. The number of thioether (sulfide) groups is 1. The van der Waals surface area contributed by atoms with Gasteiger partial charge in [-0.15, -0.1) is 0 Å². The Balaban J connectivity index is 1.27. The predicted octanol–water partition coefficient (Wildman–Crippen LogP) is 5.86. The minimum absolute atomic E-state index is 0.0618. The molecule has 0 saturated carbocycles. The van der Waals surface area contributed by atoms with Crippen LogP contribution >= 0.6 is 11.8 Å². The van der Waals surface area contributed by atoms with Crippen LogP contribution in [-0.4, -0.2) is 47.9 Å². The van der Waals surface area contributed by atoms with Gasteiger partial charge >= 0.3 is 0 Å². The van der Waals surface area contributed by atoms with Crippen molar-refractivity contribution < 1.29 is 14.0 Å². The highest BCUT2D eigenvalue weighted by Crippen LogP contribution is 2.43. The molecule has 0 radical (unpaired) electrons. The van der Waals surface area contributed by atoms with Crippen LogP contribution in [0.1, 0.15) is 21.5 Å². The third kappa shape index (κ3) is 5.49. The maximum atomic E-state index is 13.8. The van der Waals surface area contributed by atoms with Crippen molar-refractivity contribution in [1.29, 1.82) is 0 Å². The van der Waals surface area contributed by atoms with Crippen molar-refractivity contribution in [1.82, 2.24) is 9.88 Å². The fourth-order valence-electron chi connectivity index (χ4n) is 4.94. The lowest BCUT2D eigenvalue weighted by Crippen LogP contribution is -2.49. The van der Waals surface area contributed by atoms with Crippen LogP contribution in [0.15, 0.2) is 107 Å². The van der Waals surface area contributed by atoms with Gasteiger partial charge in [0.2, 0.25) is 0 Å². The summed E-state index contributed by atoms with van der Waals surface area (Å²) in [6.07, 6.45) is 3.66. The number of rotatable bonds is 5. The highest BCUT2D eigenvalue weighted by atomic mass is 32.2. The van der Waals surface area contributed by atoms with Crippen molar-refractivity contribution >= 4 is 41.2 Å². The fourth-order valence-corrected chi connectivity index (χ4v) is 5.97. The number of piperazine rings is 1. The number of halogens is 1. The lowest BCUT2D eigenvalue weighted by atomic mass is 10.1. The number of hydrogen-bond acceptors (Lipinski definition) is 5. The van der Waals surface area contributed by atoms with Crippen molar-refractivity contribution in [2.24, 2.45) is 0 Å². The molecule has 6 nitrogen and oxygen atoms in total. The number of pyridine rings is 1. The van der Waals surface area contributed by atoms with Crippen LogP contribution in [-0.2, 0) is 11.3 Å². The van der Waals surface area contributed by atoms with E-state index in [1.54, 1.807) is 23.2 Å². The zero-order chi connectivity index (χ0) is 27.5. The molecule has 6 rings (SSSR count). The minimum atomic E-state index is -0.328. The molecule has 1 saturated heterocycles. The van der Waals surface area contributed by atoms with Crippen molar-refractivity contribution in [3.05, 3.63) is 125 Å². The van der Waals surface area contributed by atoms with Gasteiger partial charge in [0.05, 0.1) is 17.1 Å². The Morgan fingerprint density at radius 2 is 1.65 bits per heavy atom. The van der Waals surface area contributed by atoms with Gasteiger partial charge in [-0.05, 0) is 59.7 Å². The topological polar surface area (TPSA) is 56.8 Å². The lowest BCUT2D eigenvalue weighted by Gasteiger charge is -2.36. The molecule has 3 heterocycles. The van der Waals surface area contributed by atoms with Gasteiger partial charge in [0, 0.05) is 42.8 Å². The molecule has 2 amide bonds. The number of anilines is 2. The quantitative estimate of drug-likeness (QED) is 0.291. The second-order valence-corrected chi connectivity index (χ2v) is 10.8. The normalized spacial score (nSPS) is 16.3. The molecule has 0 spiro atoms. The van der Waals surface area contributed by atoms with Crippen LogP contribution in [0.2, 0.25) is 0 Å². The molecule has 2 aliphatic heterocycles. The maximum absolute atomic E-state index is 13.8. The largest absolute Gasteiger partial charge is 0.353 e. The molecular weight excluding hydrogens is 523 g/mol.